The van der Waals surface area contributed by atoms with Crippen molar-refractivity contribution in [3.8, 4) is 11.8 Å². The van der Waals surface area contributed by atoms with E-state index in [4.69, 9.17) is 5.26 Å². The quantitative estimate of drug-likeness (QED) is 0.739. The lowest BCUT2D eigenvalue weighted by molar-refractivity contribution is 0.242. The Labute approximate surface area is 165 Å². The van der Waals surface area contributed by atoms with E-state index in [1.54, 1.807) is 24.5 Å². The minimum atomic E-state index is -0.971. The molecule has 2 aromatic carbocycles. The van der Waals surface area contributed by atoms with Crippen LogP contribution in [-0.4, -0.2) is 31.7 Å². The number of fused-ring (bicyclic) bond motifs is 1. The lowest BCUT2D eigenvalue weighted by Crippen LogP contribution is -2.31. The Bertz CT molecular complexity index is 1140. The van der Waals surface area contributed by atoms with Crippen molar-refractivity contribution in [2.24, 2.45) is 0 Å². The van der Waals surface area contributed by atoms with Crippen LogP contribution in [0.15, 0.2) is 58.2 Å². The molecule has 2 heterocycles. The van der Waals surface area contributed by atoms with E-state index in [1.807, 2.05) is 30.3 Å². The molecule has 0 saturated carbocycles. The van der Waals surface area contributed by atoms with E-state index in [9.17, 15) is 9.00 Å². The van der Waals surface area contributed by atoms with E-state index < -0.39 is 10.8 Å². The molecular weight excluding hydrogens is 372 g/mol. The third-order valence-corrected chi connectivity index (χ3v) is 5.96. The maximum absolute atomic E-state index is 12.8. The van der Waals surface area contributed by atoms with Crippen molar-refractivity contribution in [3.05, 3.63) is 81.3 Å². The summed E-state index contributed by atoms with van der Waals surface area (Å²) in [4.78, 5) is 15.9. The summed E-state index contributed by atoms with van der Waals surface area (Å²) in [6, 6.07) is 17.0. The fraction of sp³-hybridized carbons (Fsp3) is 0.238. The first kappa shape index (κ1) is 18.4. The van der Waals surface area contributed by atoms with E-state index in [-0.39, 0.29) is 5.56 Å². The van der Waals surface area contributed by atoms with E-state index in [0.717, 1.165) is 34.8 Å². The number of aromatic amines is 1. The number of nitrogens with one attached hydrogen (secondary N) is 1. The summed E-state index contributed by atoms with van der Waals surface area (Å²) in [6.07, 6.45) is 2.36. The molecule has 0 saturated heterocycles. The van der Waals surface area contributed by atoms with Crippen molar-refractivity contribution in [2.45, 2.75) is 24.4 Å². The van der Waals surface area contributed by atoms with Crippen molar-refractivity contribution in [1.29, 1.82) is 5.26 Å². The number of nitrogens with zero attached hydrogens (tertiary/aromatic N) is 3. The van der Waals surface area contributed by atoms with Crippen molar-refractivity contribution < 1.29 is 4.21 Å². The molecule has 6 nitrogen and oxygen atoms in total. The first-order chi connectivity index (χ1) is 13.5. The van der Waals surface area contributed by atoms with Gasteiger partial charge in [0.2, 0.25) is 0 Å². The zero-order valence-electron chi connectivity index (χ0n) is 15.5. The summed E-state index contributed by atoms with van der Waals surface area (Å²) in [5.74, 6) is 0. The topological polar surface area (TPSA) is 81.9 Å². The van der Waals surface area contributed by atoms with Crippen molar-refractivity contribution >= 4 is 10.8 Å². The molecule has 0 radical (unpaired) electrons. The zero-order valence-corrected chi connectivity index (χ0v) is 16.3. The summed E-state index contributed by atoms with van der Waals surface area (Å²) in [5, 5.41) is 12.3. The number of hydrogen-bond donors (Lipinski definition) is 1. The average molecular weight is 392 g/mol. The Hall–Kier alpha value is -2.95. The number of benzene rings is 2. The molecule has 7 heteroatoms. The molecule has 142 valence electrons. The molecule has 0 bridgehead atoms. The van der Waals surface area contributed by atoms with Crippen LogP contribution in [0.2, 0.25) is 0 Å². The number of aromatic nitrogens is 2. The maximum Gasteiger partial charge on any atom is 0.274 e. The smallest absolute Gasteiger partial charge is 0.274 e. The predicted molar refractivity (Wildman–Crippen MR) is 108 cm³/mol. The second-order valence-corrected chi connectivity index (χ2v) is 8.31. The second kappa shape index (κ2) is 7.58. The first-order valence-corrected chi connectivity index (χ1v) is 10.6. The van der Waals surface area contributed by atoms with E-state index in [0.29, 0.717) is 24.2 Å². The second-order valence-electron chi connectivity index (χ2n) is 6.93. The van der Waals surface area contributed by atoms with Gasteiger partial charge in [-0.2, -0.15) is 5.26 Å². The molecule has 0 aliphatic carbocycles. The molecule has 28 heavy (non-hydrogen) atoms. The van der Waals surface area contributed by atoms with E-state index >= 15 is 0 Å². The van der Waals surface area contributed by atoms with Gasteiger partial charge in [-0.3, -0.25) is 19.0 Å². The third kappa shape index (κ3) is 3.57. The fourth-order valence-corrected chi connectivity index (χ4v) is 4.07. The number of hydrogen-bond acceptors (Lipinski definition) is 4. The molecule has 1 aliphatic rings. The summed E-state index contributed by atoms with van der Waals surface area (Å²) in [5.41, 5.74) is 4.05. The summed E-state index contributed by atoms with van der Waals surface area (Å²) in [6.45, 7) is 2.24. The Morgan fingerprint density at radius 3 is 2.71 bits per heavy atom. The summed E-state index contributed by atoms with van der Waals surface area (Å²) < 4.78 is 13.1. The van der Waals surface area contributed by atoms with Gasteiger partial charge in [0.05, 0.1) is 23.0 Å². The number of rotatable bonds is 4. The normalized spacial score (nSPS) is 15.0. The Morgan fingerprint density at radius 2 is 2.00 bits per heavy atom. The molecule has 1 N–H and O–H groups in total. The van der Waals surface area contributed by atoms with Crippen LogP contribution in [0.25, 0.3) is 5.69 Å². The Balaban J connectivity index is 1.55. The van der Waals surface area contributed by atoms with Gasteiger partial charge in [0, 0.05) is 47.1 Å². The van der Waals surface area contributed by atoms with Gasteiger partial charge in [0.25, 0.3) is 5.56 Å². The molecular formula is C21H20N4O2S. The first-order valence-electron chi connectivity index (χ1n) is 9.03. The molecule has 4 rings (SSSR count). The van der Waals surface area contributed by atoms with Gasteiger partial charge in [0.1, 0.15) is 0 Å². The fourth-order valence-electron chi connectivity index (χ4n) is 3.55. The Kier molecular flexibility index (Phi) is 4.99. The SMILES string of the molecule is CS(=O)c1ccc(CN2CCc3c([nH]n(-c4cccc(C#N)c4)c3=O)C2)cc1. The molecule has 0 spiro atoms. The van der Waals surface area contributed by atoms with Crippen molar-refractivity contribution in [1.82, 2.24) is 14.7 Å². The lowest BCUT2D eigenvalue weighted by Gasteiger charge is -2.26. The minimum Gasteiger partial charge on any atom is -0.293 e. The molecule has 0 amide bonds. The van der Waals surface area contributed by atoms with Crippen LogP contribution in [0.3, 0.4) is 0 Å². The molecule has 1 aromatic heterocycles. The van der Waals surface area contributed by atoms with Crippen LogP contribution in [0.4, 0.5) is 0 Å². The summed E-state index contributed by atoms with van der Waals surface area (Å²) >= 11 is 0. The monoisotopic (exact) mass is 392 g/mol. The minimum absolute atomic E-state index is 0.0421. The van der Waals surface area contributed by atoms with Crippen molar-refractivity contribution in [3.63, 3.8) is 0 Å². The highest BCUT2D eigenvalue weighted by Crippen LogP contribution is 2.19. The number of H-pyrrole nitrogens is 1. The maximum atomic E-state index is 12.8. The molecule has 3 aromatic rings. The third-order valence-electron chi connectivity index (χ3n) is 5.03. The van der Waals surface area contributed by atoms with Gasteiger partial charge < -0.3 is 0 Å². The summed E-state index contributed by atoms with van der Waals surface area (Å²) in [7, 11) is -0.971. The van der Waals surface area contributed by atoms with Gasteiger partial charge >= 0.3 is 0 Å². The average Bonchev–Trinajstić information content (AvgIpc) is 3.04. The highest BCUT2D eigenvalue weighted by atomic mass is 32.2. The highest BCUT2D eigenvalue weighted by Gasteiger charge is 2.23. The van der Waals surface area contributed by atoms with Crippen LogP contribution in [0.5, 0.6) is 0 Å². The van der Waals surface area contributed by atoms with Gasteiger partial charge in [-0.25, -0.2) is 4.68 Å². The van der Waals surface area contributed by atoms with Crippen LogP contribution in [0, 0.1) is 11.3 Å². The van der Waals surface area contributed by atoms with Gasteiger partial charge in [-0.05, 0) is 42.3 Å². The predicted octanol–water partition coefficient (Wildman–Crippen LogP) is 2.33. The number of nitriles is 1. The molecule has 1 aliphatic heterocycles. The van der Waals surface area contributed by atoms with Gasteiger partial charge in [-0.1, -0.05) is 18.2 Å². The zero-order chi connectivity index (χ0) is 19.7. The van der Waals surface area contributed by atoms with Gasteiger partial charge in [0.15, 0.2) is 0 Å². The van der Waals surface area contributed by atoms with Crippen LogP contribution in [0.1, 0.15) is 22.4 Å². The molecule has 1 atom stereocenters. The highest BCUT2D eigenvalue weighted by molar-refractivity contribution is 7.84. The standard InChI is InChI=1S/C21H20N4O2S/c1-28(27)18-7-5-15(6-8-18)13-24-10-9-19-20(14-24)23-25(21(19)26)17-4-2-3-16(11-17)12-22/h2-8,11,23H,9-10,13-14H2,1H3. The van der Waals surface area contributed by atoms with Crippen LogP contribution >= 0.6 is 0 Å². The van der Waals surface area contributed by atoms with E-state index in [2.05, 4.69) is 16.1 Å². The molecule has 1 unspecified atom stereocenters. The van der Waals surface area contributed by atoms with Crippen LogP contribution in [-0.2, 0) is 30.3 Å². The van der Waals surface area contributed by atoms with Crippen LogP contribution < -0.4 is 5.56 Å². The molecule has 0 fully saturated rings. The Morgan fingerprint density at radius 1 is 1.21 bits per heavy atom. The van der Waals surface area contributed by atoms with Gasteiger partial charge in [-0.15, -0.1) is 0 Å². The van der Waals surface area contributed by atoms with Crippen molar-refractivity contribution in [2.75, 3.05) is 12.8 Å². The largest absolute Gasteiger partial charge is 0.293 e. The lowest BCUT2D eigenvalue weighted by atomic mass is 10.1. The van der Waals surface area contributed by atoms with E-state index in [1.165, 1.54) is 4.68 Å².